The van der Waals surface area contributed by atoms with Gasteiger partial charge in [-0.3, -0.25) is 9.78 Å². The molecular formula is C27H28ClF2N3O2. The number of hydrogen-bond donors (Lipinski definition) is 1. The van der Waals surface area contributed by atoms with Crippen molar-refractivity contribution in [3.05, 3.63) is 81.6 Å². The maximum Gasteiger partial charge on any atom is 0.254 e. The number of carbonyl (C=O) groups excluding carboxylic acids is 1. The van der Waals surface area contributed by atoms with Crippen LogP contribution in [0.15, 0.2) is 42.5 Å². The summed E-state index contributed by atoms with van der Waals surface area (Å²) in [7, 11) is 0. The number of amides is 1. The van der Waals surface area contributed by atoms with Gasteiger partial charge in [-0.1, -0.05) is 23.7 Å². The molecule has 0 saturated carbocycles. The number of rotatable bonds is 5. The number of pyridine rings is 1. The predicted octanol–water partition coefficient (Wildman–Crippen LogP) is 5.84. The van der Waals surface area contributed by atoms with Crippen LogP contribution in [0.5, 0.6) is 0 Å². The highest BCUT2D eigenvalue weighted by Crippen LogP contribution is 2.34. The van der Waals surface area contributed by atoms with Gasteiger partial charge >= 0.3 is 0 Å². The predicted molar refractivity (Wildman–Crippen MR) is 134 cm³/mol. The molecule has 1 aliphatic heterocycles. The van der Waals surface area contributed by atoms with Gasteiger partial charge in [0.2, 0.25) is 0 Å². The van der Waals surface area contributed by atoms with Gasteiger partial charge in [0.15, 0.2) is 11.6 Å². The number of ether oxygens (including phenoxy) is 1. The monoisotopic (exact) mass is 499 g/mol. The number of nitrogens with one attached hydrogen (secondary N) is 1. The van der Waals surface area contributed by atoms with Gasteiger partial charge < -0.3 is 15.0 Å². The summed E-state index contributed by atoms with van der Waals surface area (Å²) in [5.74, 6) is -1.91. The van der Waals surface area contributed by atoms with Gasteiger partial charge in [-0.15, -0.1) is 0 Å². The van der Waals surface area contributed by atoms with Gasteiger partial charge in [0, 0.05) is 36.6 Å². The van der Waals surface area contributed by atoms with E-state index in [9.17, 15) is 9.18 Å². The number of benzene rings is 2. The average Bonchev–Trinajstić information content (AvgIpc) is 2.78. The maximum atomic E-state index is 16.1. The minimum atomic E-state index is -0.808. The van der Waals surface area contributed by atoms with Gasteiger partial charge in [-0.05, 0) is 69.2 Å². The summed E-state index contributed by atoms with van der Waals surface area (Å²) in [6, 6.07) is 11.6. The lowest BCUT2D eigenvalue weighted by atomic mass is 9.97. The molecule has 3 aromatic rings. The van der Waals surface area contributed by atoms with E-state index < -0.39 is 17.5 Å². The normalized spacial score (nSPS) is 18.0. The van der Waals surface area contributed by atoms with Crippen molar-refractivity contribution in [2.75, 3.05) is 18.0 Å². The van der Waals surface area contributed by atoms with Crippen molar-refractivity contribution < 1.29 is 18.3 Å². The summed E-state index contributed by atoms with van der Waals surface area (Å²) in [5.41, 5.74) is 3.60. The van der Waals surface area contributed by atoms with Gasteiger partial charge in [-0.2, -0.15) is 0 Å². The van der Waals surface area contributed by atoms with Crippen molar-refractivity contribution in [2.45, 2.75) is 46.4 Å². The van der Waals surface area contributed by atoms with Crippen LogP contribution in [0.3, 0.4) is 0 Å². The van der Waals surface area contributed by atoms with E-state index in [1.165, 1.54) is 18.2 Å². The fraction of sp³-hybridized carbons (Fsp3) is 0.333. The lowest BCUT2D eigenvalue weighted by Crippen LogP contribution is -2.46. The largest absolute Gasteiger partial charge is 0.372 e. The number of halogens is 3. The second kappa shape index (κ2) is 10.3. The zero-order valence-electron chi connectivity index (χ0n) is 20.2. The molecule has 2 atom stereocenters. The Hall–Kier alpha value is -3.03. The van der Waals surface area contributed by atoms with Crippen molar-refractivity contribution in [3.63, 3.8) is 0 Å². The first-order valence-corrected chi connectivity index (χ1v) is 11.9. The molecule has 1 saturated heterocycles. The summed E-state index contributed by atoms with van der Waals surface area (Å²) in [4.78, 5) is 19.1. The van der Waals surface area contributed by atoms with Crippen LogP contribution >= 0.6 is 11.6 Å². The molecule has 8 heteroatoms. The van der Waals surface area contributed by atoms with Crippen molar-refractivity contribution >= 4 is 23.2 Å². The Kier molecular flexibility index (Phi) is 7.38. The Balaban J connectivity index is 1.74. The first kappa shape index (κ1) is 25.1. The SMILES string of the molecule is Cc1cc(-c2ccc(N3C[C@@H](C)O[C@@H](C)C3)c(F)c2CNC(=O)c2cccc(Cl)c2F)cc(C)n1. The van der Waals surface area contributed by atoms with Crippen LogP contribution in [0.25, 0.3) is 11.1 Å². The van der Waals surface area contributed by atoms with Crippen LogP contribution in [0, 0.1) is 25.5 Å². The summed E-state index contributed by atoms with van der Waals surface area (Å²) in [6.45, 7) is 8.63. The highest BCUT2D eigenvalue weighted by molar-refractivity contribution is 6.31. The molecule has 5 nitrogen and oxygen atoms in total. The first-order chi connectivity index (χ1) is 16.6. The van der Waals surface area contributed by atoms with E-state index in [0.29, 0.717) is 29.9 Å². The quantitative estimate of drug-likeness (QED) is 0.479. The van der Waals surface area contributed by atoms with E-state index in [4.69, 9.17) is 16.3 Å². The third-order valence-electron chi connectivity index (χ3n) is 6.00. The number of carbonyl (C=O) groups is 1. The van der Waals surface area contributed by atoms with E-state index in [1.54, 1.807) is 6.07 Å². The van der Waals surface area contributed by atoms with Crippen molar-refractivity contribution in [1.82, 2.24) is 10.3 Å². The molecule has 0 radical (unpaired) electrons. The number of hydrogen-bond acceptors (Lipinski definition) is 4. The Morgan fingerprint density at radius 2 is 1.74 bits per heavy atom. The highest BCUT2D eigenvalue weighted by atomic mass is 35.5. The standard InChI is InChI=1S/C27H28ClF2N3O2/c1-15-10-19(11-16(2)32-15)20-8-9-24(33-13-17(3)35-18(4)14-33)26(30)22(20)12-31-27(34)21-6-5-7-23(28)25(21)29/h5-11,17-18H,12-14H2,1-4H3,(H,31,34)/t17-,18+. The van der Waals surface area contributed by atoms with Gasteiger partial charge in [0.1, 0.15) is 0 Å². The number of nitrogens with zero attached hydrogens (tertiary/aromatic N) is 2. The third-order valence-corrected chi connectivity index (χ3v) is 6.29. The molecule has 0 aliphatic carbocycles. The Bertz CT molecular complexity index is 1240. The Morgan fingerprint density at radius 1 is 1.09 bits per heavy atom. The second-order valence-corrected chi connectivity index (χ2v) is 9.42. The van der Waals surface area contributed by atoms with Crippen LogP contribution in [-0.2, 0) is 11.3 Å². The zero-order chi connectivity index (χ0) is 25.3. The maximum absolute atomic E-state index is 16.1. The third kappa shape index (κ3) is 5.46. The molecular weight excluding hydrogens is 472 g/mol. The van der Waals surface area contributed by atoms with Crippen LogP contribution in [0.1, 0.15) is 41.2 Å². The first-order valence-electron chi connectivity index (χ1n) is 11.5. The molecule has 4 rings (SSSR count). The molecule has 0 unspecified atom stereocenters. The smallest absolute Gasteiger partial charge is 0.254 e. The van der Waals surface area contributed by atoms with Crippen LogP contribution in [0.2, 0.25) is 5.02 Å². The number of morpholine rings is 1. The molecule has 1 fully saturated rings. The van der Waals surface area contributed by atoms with Crippen molar-refractivity contribution in [1.29, 1.82) is 0 Å². The fourth-order valence-corrected chi connectivity index (χ4v) is 4.78. The zero-order valence-corrected chi connectivity index (χ0v) is 20.9. The molecule has 1 aromatic heterocycles. The van der Waals surface area contributed by atoms with Crippen LogP contribution in [-0.4, -0.2) is 36.2 Å². The molecule has 35 heavy (non-hydrogen) atoms. The summed E-state index contributed by atoms with van der Waals surface area (Å²) < 4.78 is 36.3. The molecule has 0 spiro atoms. The van der Waals surface area contributed by atoms with Gasteiger partial charge in [0.05, 0.1) is 28.5 Å². The van der Waals surface area contributed by atoms with E-state index in [1.807, 2.05) is 50.8 Å². The molecule has 2 aromatic carbocycles. The Labute approximate surface area is 209 Å². The van der Waals surface area contributed by atoms with Gasteiger partial charge in [-0.25, -0.2) is 8.78 Å². The van der Waals surface area contributed by atoms with Crippen molar-refractivity contribution in [3.8, 4) is 11.1 Å². The summed E-state index contributed by atoms with van der Waals surface area (Å²) in [5, 5.41) is 2.53. The minimum absolute atomic E-state index is 0.0442. The number of aryl methyl sites for hydroxylation is 2. The highest BCUT2D eigenvalue weighted by Gasteiger charge is 2.27. The molecule has 2 heterocycles. The van der Waals surface area contributed by atoms with E-state index in [0.717, 1.165) is 17.0 Å². The lowest BCUT2D eigenvalue weighted by molar-refractivity contribution is -0.00540. The fourth-order valence-electron chi connectivity index (χ4n) is 4.60. The number of anilines is 1. The summed E-state index contributed by atoms with van der Waals surface area (Å²) >= 11 is 5.83. The minimum Gasteiger partial charge on any atom is -0.372 e. The Morgan fingerprint density at radius 3 is 2.40 bits per heavy atom. The average molecular weight is 500 g/mol. The van der Waals surface area contributed by atoms with Crippen LogP contribution in [0.4, 0.5) is 14.5 Å². The summed E-state index contributed by atoms with van der Waals surface area (Å²) in [6.07, 6.45) is -0.0884. The molecule has 1 aliphatic rings. The molecule has 0 bridgehead atoms. The van der Waals surface area contributed by atoms with E-state index >= 15 is 4.39 Å². The molecule has 184 valence electrons. The van der Waals surface area contributed by atoms with Crippen molar-refractivity contribution in [2.24, 2.45) is 0 Å². The second-order valence-electron chi connectivity index (χ2n) is 9.01. The van der Waals surface area contributed by atoms with Gasteiger partial charge in [0.25, 0.3) is 5.91 Å². The van der Waals surface area contributed by atoms with E-state index in [2.05, 4.69) is 10.3 Å². The molecule has 1 N–H and O–H groups in total. The lowest BCUT2D eigenvalue weighted by Gasteiger charge is -2.37. The topological polar surface area (TPSA) is 54.5 Å². The number of aromatic nitrogens is 1. The molecule has 1 amide bonds. The van der Waals surface area contributed by atoms with E-state index in [-0.39, 0.29) is 29.3 Å². The van der Waals surface area contributed by atoms with Crippen LogP contribution < -0.4 is 10.2 Å².